The van der Waals surface area contributed by atoms with Gasteiger partial charge in [0, 0.05) is 28.2 Å². The van der Waals surface area contributed by atoms with Gasteiger partial charge < -0.3 is 4.74 Å². The highest BCUT2D eigenvalue weighted by Crippen LogP contribution is 2.62. The standard InChI is InChI=1S/C58H39N3O/c1-3-16-38(17-4-1)40-20-13-23-44(34-40)55-59-56(45-24-14-21-41(35-45)39-18-5-2-6-19-39)61-57(60-55)46-25-15-22-42(36-46)43-32-33-54-52(37-43)58(51-30-11-12-31-53(51)62-54)49-28-9-7-26-47(49)48-27-8-10-29-50(48)58/h1-35,37,46H,36H2. The maximum atomic E-state index is 6.75. The van der Waals surface area contributed by atoms with E-state index in [1.807, 2.05) is 12.1 Å². The molecule has 9 aromatic rings. The average Bonchev–Trinajstić information content (AvgIpc) is 3.65. The number of benzene rings is 8. The Hall–Kier alpha value is -7.95. The van der Waals surface area contributed by atoms with Gasteiger partial charge in [-0.3, -0.25) is 0 Å². The summed E-state index contributed by atoms with van der Waals surface area (Å²) in [5.41, 5.74) is 15.7. The normalized spacial score (nSPS) is 15.2. The molecule has 0 saturated carbocycles. The summed E-state index contributed by atoms with van der Waals surface area (Å²) in [6, 6.07) is 71.0. The maximum Gasteiger partial charge on any atom is 0.163 e. The summed E-state index contributed by atoms with van der Waals surface area (Å²) in [5, 5.41) is 0. The van der Waals surface area contributed by atoms with Crippen LogP contribution < -0.4 is 4.74 Å². The third kappa shape index (κ3) is 5.87. The lowest BCUT2D eigenvalue weighted by Crippen LogP contribution is -2.32. The van der Waals surface area contributed by atoms with Crippen LogP contribution in [0.4, 0.5) is 0 Å². The van der Waals surface area contributed by atoms with Crippen molar-refractivity contribution in [3.8, 4) is 67.7 Å². The molecule has 8 aromatic carbocycles. The van der Waals surface area contributed by atoms with E-state index in [0.717, 1.165) is 73.8 Å². The first kappa shape index (κ1) is 35.9. The van der Waals surface area contributed by atoms with Gasteiger partial charge in [0.1, 0.15) is 17.3 Å². The monoisotopic (exact) mass is 793 g/mol. The van der Waals surface area contributed by atoms with Crippen LogP contribution >= 0.6 is 0 Å². The molecule has 1 aliphatic heterocycles. The van der Waals surface area contributed by atoms with E-state index >= 15 is 0 Å². The molecule has 1 aromatic heterocycles. The molecule has 0 fully saturated rings. The highest BCUT2D eigenvalue weighted by Gasteiger charge is 2.51. The molecule has 62 heavy (non-hydrogen) atoms. The van der Waals surface area contributed by atoms with Crippen LogP contribution in [0.25, 0.3) is 61.7 Å². The molecule has 0 saturated heterocycles. The lowest BCUT2D eigenvalue weighted by atomic mass is 9.65. The van der Waals surface area contributed by atoms with Crippen molar-refractivity contribution in [2.24, 2.45) is 0 Å². The highest BCUT2D eigenvalue weighted by molar-refractivity contribution is 5.89. The van der Waals surface area contributed by atoms with Gasteiger partial charge in [-0.15, -0.1) is 0 Å². The maximum absolute atomic E-state index is 6.75. The van der Waals surface area contributed by atoms with Crippen molar-refractivity contribution in [1.29, 1.82) is 0 Å². The molecule has 2 heterocycles. The van der Waals surface area contributed by atoms with Crippen LogP contribution in [0.5, 0.6) is 11.5 Å². The molecule has 2 aliphatic carbocycles. The number of para-hydroxylation sites is 1. The van der Waals surface area contributed by atoms with Crippen molar-refractivity contribution >= 4 is 5.57 Å². The molecule has 0 bridgehead atoms. The highest BCUT2D eigenvalue weighted by atomic mass is 16.5. The fourth-order valence-electron chi connectivity index (χ4n) is 9.88. The van der Waals surface area contributed by atoms with E-state index in [9.17, 15) is 0 Å². The summed E-state index contributed by atoms with van der Waals surface area (Å²) < 4.78 is 6.75. The van der Waals surface area contributed by atoms with Crippen LogP contribution in [0.15, 0.2) is 218 Å². The zero-order valence-electron chi connectivity index (χ0n) is 33.8. The van der Waals surface area contributed by atoms with Crippen LogP contribution in [-0.4, -0.2) is 15.0 Å². The Bertz CT molecular complexity index is 3110. The third-order valence-corrected chi connectivity index (χ3v) is 12.7. The summed E-state index contributed by atoms with van der Waals surface area (Å²) in [6.45, 7) is 0. The Morgan fingerprint density at radius 2 is 0.919 bits per heavy atom. The molecular weight excluding hydrogens is 755 g/mol. The number of allylic oxidation sites excluding steroid dienone is 4. The first-order valence-corrected chi connectivity index (χ1v) is 21.3. The minimum absolute atomic E-state index is 0.0833. The molecule has 1 unspecified atom stereocenters. The summed E-state index contributed by atoms with van der Waals surface area (Å²) in [4.78, 5) is 15.7. The molecule has 0 radical (unpaired) electrons. The Morgan fingerprint density at radius 1 is 0.403 bits per heavy atom. The van der Waals surface area contributed by atoms with E-state index in [4.69, 9.17) is 19.7 Å². The molecular formula is C58H39N3O. The van der Waals surface area contributed by atoms with Crippen molar-refractivity contribution in [3.05, 3.63) is 252 Å². The molecule has 292 valence electrons. The van der Waals surface area contributed by atoms with E-state index < -0.39 is 5.41 Å². The summed E-state index contributed by atoms with van der Waals surface area (Å²) in [7, 11) is 0. The van der Waals surface area contributed by atoms with Crippen molar-refractivity contribution in [1.82, 2.24) is 15.0 Å². The first-order chi connectivity index (χ1) is 30.7. The van der Waals surface area contributed by atoms with Crippen LogP contribution in [0.2, 0.25) is 0 Å². The molecule has 0 N–H and O–H groups in total. The van der Waals surface area contributed by atoms with Crippen LogP contribution in [0, 0.1) is 0 Å². The largest absolute Gasteiger partial charge is 0.457 e. The second kappa shape index (κ2) is 14.6. The van der Waals surface area contributed by atoms with E-state index in [1.165, 1.54) is 27.8 Å². The first-order valence-electron chi connectivity index (χ1n) is 21.3. The molecule has 0 amide bonds. The zero-order valence-corrected chi connectivity index (χ0v) is 33.8. The topological polar surface area (TPSA) is 47.9 Å². The van der Waals surface area contributed by atoms with Gasteiger partial charge in [-0.05, 0) is 92.4 Å². The van der Waals surface area contributed by atoms with E-state index in [-0.39, 0.29) is 5.92 Å². The Kier molecular flexibility index (Phi) is 8.49. The number of fused-ring (bicyclic) bond motifs is 9. The number of hydrogen-bond acceptors (Lipinski definition) is 4. The van der Waals surface area contributed by atoms with Crippen molar-refractivity contribution < 1.29 is 4.74 Å². The fourth-order valence-corrected chi connectivity index (χ4v) is 9.88. The molecule has 1 atom stereocenters. The number of hydrogen-bond donors (Lipinski definition) is 0. The van der Waals surface area contributed by atoms with Crippen LogP contribution in [0.1, 0.15) is 46.0 Å². The number of nitrogens with zero attached hydrogens (tertiary/aromatic N) is 3. The van der Waals surface area contributed by atoms with Crippen LogP contribution in [-0.2, 0) is 5.41 Å². The summed E-state index contributed by atoms with van der Waals surface area (Å²) in [5.74, 6) is 3.74. The lowest BCUT2D eigenvalue weighted by molar-refractivity contribution is 0.436. The molecule has 12 rings (SSSR count). The SMILES string of the molecule is C1=CC(c2nc(-c3cccc(-c4ccccc4)c3)nc(-c3cccc(-c4ccccc4)c3)n2)CC(c2ccc3c(c2)C2(c4ccccc4O3)c3ccccc3-c3ccccc32)=C1. The molecule has 1 spiro atoms. The van der Waals surface area contributed by atoms with Gasteiger partial charge in [-0.25, -0.2) is 15.0 Å². The van der Waals surface area contributed by atoms with Gasteiger partial charge in [0.15, 0.2) is 11.6 Å². The van der Waals surface area contributed by atoms with Gasteiger partial charge in [0.05, 0.1) is 5.41 Å². The quantitative estimate of drug-likeness (QED) is 0.168. The summed E-state index contributed by atoms with van der Waals surface area (Å²) >= 11 is 0. The zero-order chi connectivity index (χ0) is 41.0. The van der Waals surface area contributed by atoms with Gasteiger partial charge in [0.2, 0.25) is 0 Å². The number of aromatic nitrogens is 3. The van der Waals surface area contributed by atoms with Crippen molar-refractivity contribution in [2.75, 3.05) is 0 Å². The molecule has 3 aliphatic rings. The second-order valence-corrected chi connectivity index (χ2v) is 16.3. The van der Waals surface area contributed by atoms with Crippen LogP contribution in [0.3, 0.4) is 0 Å². The summed E-state index contributed by atoms with van der Waals surface area (Å²) in [6.07, 6.45) is 7.37. The van der Waals surface area contributed by atoms with Gasteiger partial charge >= 0.3 is 0 Å². The number of rotatable bonds is 6. The fraction of sp³-hybridized carbons (Fsp3) is 0.0517. The van der Waals surface area contributed by atoms with Crippen molar-refractivity contribution in [2.45, 2.75) is 17.8 Å². The lowest BCUT2D eigenvalue weighted by Gasteiger charge is -2.39. The minimum atomic E-state index is -0.529. The number of ether oxygens (including phenoxy) is 1. The third-order valence-electron chi connectivity index (χ3n) is 12.7. The predicted octanol–water partition coefficient (Wildman–Crippen LogP) is 14.1. The van der Waals surface area contributed by atoms with Gasteiger partial charge in [-0.2, -0.15) is 0 Å². The molecule has 4 heteroatoms. The molecule has 4 nitrogen and oxygen atoms in total. The smallest absolute Gasteiger partial charge is 0.163 e. The Balaban J connectivity index is 0.965. The second-order valence-electron chi connectivity index (χ2n) is 16.3. The average molecular weight is 794 g/mol. The van der Waals surface area contributed by atoms with E-state index in [0.29, 0.717) is 11.6 Å². The van der Waals surface area contributed by atoms with Gasteiger partial charge in [-0.1, -0.05) is 188 Å². The van der Waals surface area contributed by atoms with E-state index in [2.05, 4.69) is 206 Å². The minimum Gasteiger partial charge on any atom is -0.457 e. The Labute approximate surface area is 361 Å². The van der Waals surface area contributed by atoms with Crippen molar-refractivity contribution in [3.63, 3.8) is 0 Å². The predicted molar refractivity (Wildman–Crippen MR) is 250 cm³/mol. The van der Waals surface area contributed by atoms with E-state index in [1.54, 1.807) is 0 Å². The Morgan fingerprint density at radius 3 is 1.55 bits per heavy atom. The van der Waals surface area contributed by atoms with Gasteiger partial charge in [0.25, 0.3) is 0 Å².